The lowest BCUT2D eigenvalue weighted by Crippen LogP contribution is -2.51. The highest BCUT2D eigenvalue weighted by atomic mass is 16.8. The molecule has 0 bridgehead atoms. The summed E-state index contributed by atoms with van der Waals surface area (Å²) in [6.45, 7) is 7.50. The van der Waals surface area contributed by atoms with Gasteiger partial charge in [-0.3, -0.25) is 0 Å². The van der Waals surface area contributed by atoms with Crippen molar-refractivity contribution < 1.29 is 23.7 Å². The fraction of sp³-hybridized carbons (Fsp3) is 0.923. The van der Waals surface area contributed by atoms with E-state index in [2.05, 4.69) is 0 Å². The van der Waals surface area contributed by atoms with Gasteiger partial charge in [-0.2, -0.15) is 0 Å². The minimum absolute atomic E-state index is 0.0889. The number of ether oxygens (including phenoxy) is 4. The molecule has 0 N–H and O–H groups in total. The van der Waals surface area contributed by atoms with Crippen LogP contribution in [-0.4, -0.2) is 42.3 Å². The predicted molar refractivity (Wildman–Crippen MR) is 61.8 cm³/mol. The van der Waals surface area contributed by atoms with E-state index >= 15 is 0 Å². The first-order valence-corrected chi connectivity index (χ1v) is 6.48. The maximum Gasteiger partial charge on any atom is 0.163 e. The number of aldehydes is 1. The SMILES string of the molecule is CC1(C)O[C@@H]2[C@H](O1)[C@H](C=O)C[C@H]1OC(C)(C)O[C@@H]21. The van der Waals surface area contributed by atoms with Crippen LogP contribution in [0.25, 0.3) is 0 Å². The van der Waals surface area contributed by atoms with Gasteiger partial charge in [0.2, 0.25) is 0 Å². The summed E-state index contributed by atoms with van der Waals surface area (Å²) in [5, 5.41) is 0. The third kappa shape index (κ3) is 1.90. The van der Waals surface area contributed by atoms with Crippen LogP contribution in [0.4, 0.5) is 0 Å². The highest BCUT2D eigenvalue weighted by Crippen LogP contribution is 2.46. The van der Waals surface area contributed by atoms with E-state index in [4.69, 9.17) is 18.9 Å². The molecule has 5 heteroatoms. The Bertz CT molecular complexity index is 364. The maximum absolute atomic E-state index is 11.2. The topological polar surface area (TPSA) is 54.0 Å². The van der Waals surface area contributed by atoms with E-state index in [9.17, 15) is 4.79 Å². The summed E-state index contributed by atoms with van der Waals surface area (Å²) in [6, 6.07) is 0. The zero-order valence-electron chi connectivity index (χ0n) is 11.2. The lowest BCUT2D eigenvalue weighted by atomic mass is 9.82. The molecule has 1 aliphatic carbocycles. The van der Waals surface area contributed by atoms with E-state index in [1.807, 2.05) is 27.7 Å². The molecule has 0 aromatic carbocycles. The van der Waals surface area contributed by atoms with Gasteiger partial charge in [0.1, 0.15) is 18.5 Å². The highest BCUT2D eigenvalue weighted by molar-refractivity contribution is 5.55. The van der Waals surface area contributed by atoms with Gasteiger partial charge in [-0.05, 0) is 34.1 Å². The van der Waals surface area contributed by atoms with Crippen molar-refractivity contribution >= 4 is 6.29 Å². The molecule has 1 saturated carbocycles. The molecular weight excluding hydrogens is 236 g/mol. The van der Waals surface area contributed by atoms with Gasteiger partial charge >= 0.3 is 0 Å². The molecule has 0 radical (unpaired) electrons. The van der Waals surface area contributed by atoms with Crippen LogP contribution in [0.3, 0.4) is 0 Å². The first kappa shape index (κ1) is 12.5. The Kier molecular flexibility index (Phi) is 2.62. The summed E-state index contributed by atoms with van der Waals surface area (Å²) in [7, 11) is 0. The van der Waals surface area contributed by atoms with Crippen molar-refractivity contribution in [2.24, 2.45) is 5.92 Å². The second-order valence-electron chi connectivity index (χ2n) is 6.24. The smallest absolute Gasteiger partial charge is 0.163 e. The number of fused-ring (bicyclic) bond motifs is 3. The Balaban J connectivity index is 1.89. The minimum Gasteiger partial charge on any atom is -0.344 e. The summed E-state index contributed by atoms with van der Waals surface area (Å²) in [4.78, 5) is 11.2. The number of carbonyl (C=O) groups is 1. The molecule has 3 rings (SSSR count). The molecule has 2 saturated heterocycles. The molecule has 0 amide bonds. The van der Waals surface area contributed by atoms with Crippen LogP contribution in [0.2, 0.25) is 0 Å². The zero-order valence-corrected chi connectivity index (χ0v) is 11.2. The van der Waals surface area contributed by atoms with E-state index in [1.54, 1.807) is 0 Å². The monoisotopic (exact) mass is 256 g/mol. The average Bonchev–Trinajstić information content (AvgIpc) is 2.71. The van der Waals surface area contributed by atoms with Crippen molar-refractivity contribution in [3.63, 3.8) is 0 Å². The molecular formula is C13H20O5. The van der Waals surface area contributed by atoms with Crippen LogP contribution in [0.15, 0.2) is 0 Å². The molecule has 5 nitrogen and oxygen atoms in total. The summed E-state index contributed by atoms with van der Waals surface area (Å²) >= 11 is 0. The molecule has 2 heterocycles. The van der Waals surface area contributed by atoms with Crippen molar-refractivity contribution in [1.29, 1.82) is 0 Å². The molecule has 3 fully saturated rings. The van der Waals surface area contributed by atoms with E-state index < -0.39 is 11.6 Å². The third-order valence-corrected chi connectivity index (χ3v) is 3.81. The molecule has 102 valence electrons. The van der Waals surface area contributed by atoms with Crippen molar-refractivity contribution in [2.75, 3.05) is 0 Å². The van der Waals surface area contributed by atoms with E-state index in [1.165, 1.54) is 0 Å². The van der Waals surface area contributed by atoms with Gasteiger partial charge in [-0.1, -0.05) is 0 Å². The van der Waals surface area contributed by atoms with E-state index in [0.717, 1.165) is 6.29 Å². The van der Waals surface area contributed by atoms with Gasteiger partial charge in [0.25, 0.3) is 0 Å². The lowest BCUT2D eigenvalue weighted by Gasteiger charge is -2.34. The first-order valence-electron chi connectivity index (χ1n) is 6.48. The van der Waals surface area contributed by atoms with Gasteiger partial charge in [0, 0.05) is 5.92 Å². The molecule has 0 aromatic rings. The number of hydrogen-bond acceptors (Lipinski definition) is 5. The minimum atomic E-state index is -0.665. The number of rotatable bonds is 1. The molecule has 2 aliphatic heterocycles. The third-order valence-electron chi connectivity index (χ3n) is 3.81. The second kappa shape index (κ2) is 3.76. The highest BCUT2D eigenvalue weighted by Gasteiger charge is 2.59. The van der Waals surface area contributed by atoms with Gasteiger partial charge < -0.3 is 23.7 Å². The second-order valence-corrected chi connectivity index (χ2v) is 6.24. The Labute approximate surface area is 107 Å². The fourth-order valence-electron chi connectivity index (χ4n) is 3.26. The number of carbonyl (C=O) groups excluding carboxylic acids is 1. The summed E-state index contributed by atoms with van der Waals surface area (Å²) in [5.74, 6) is -1.47. The van der Waals surface area contributed by atoms with Crippen LogP contribution in [0.5, 0.6) is 0 Å². The van der Waals surface area contributed by atoms with Crippen molar-refractivity contribution in [1.82, 2.24) is 0 Å². The van der Waals surface area contributed by atoms with Crippen LogP contribution in [-0.2, 0) is 23.7 Å². The molecule has 18 heavy (non-hydrogen) atoms. The number of hydrogen-bond donors (Lipinski definition) is 0. The molecule has 3 aliphatic rings. The normalized spacial score (nSPS) is 48.6. The predicted octanol–water partition coefficient (Wildman–Crippen LogP) is 1.25. The van der Waals surface area contributed by atoms with Gasteiger partial charge in [0.15, 0.2) is 11.6 Å². The Morgan fingerprint density at radius 3 is 2.11 bits per heavy atom. The molecule has 0 spiro atoms. The first-order chi connectivity index (χ1) is 8.31. The largest absolute Gasteiger partial charge is 0.344 e. The van der Waals surface area contributed by atoms with Crippen LogP contribution < -0.4 is 0 Å². The Hall–Kier alpha value is -0.490. The summed E-state index contributed by atoms with van der Waals surface area (Å²) < 4.78 is 23.5. The van der Waals surface area contributed by atoms with Crippen molar-refractivity contribution in [3.8, 4) is 0 Å². The van der Waals surface area contributed by atoms with Gasteiger partial charge in [-0.25, -0.2) is 0 Å². The fourth-order valence-corrected chi connectivity index (χ4v) is 3.26. The Morgan fingerprint density at radius 2 is 1.44 bits per heavy atom. The lowest BCUT2D eigenvalue weighted by molar-refractivity contribution is -0.176. The summed E-state index contributed by atoms with van der Waals surface area (Å²) in [5.41, 5.74) is 0. The van der Waals surface area contributed by atoms with Crippen LogP contribution in [0.1, 0.15) is 34.1 Å². The van der Waals surface area contributed by atoms with E-state index in [-0.39, 0.29) is 30.3 Å². The van der Waals surface area contributed by atoms with Gasteiger partial charge in [-0.15, -0.1) is 0 Å². The Morgan fingerprint density at radius 1 is 0.889 bits per heavy atom. The van der Waals surface area contributed by atoms with E-state index in [0.29, 0.717) is 6.42 Å². The van der Waals surface area contributed by atoms with Crippen LogP contribution >= 0.6 is 0 Å². The van der Waals surface area contributed by atoms with Crippen LogP contribution in [0, 0.1) is 5.92 Å². The molecule has 5 atom stereocenters. The molecule has 0 aromatic heterocycles. The van der Waals surface area contributed by atoms with Gasteiger partial charge in [0.05, 0.1) is 12.2 Å². The average molecular weight is 256 g/mol. The zero-order chi connectivity index (χ0) is 13.1. The van der Waals surface area contributed by atoms with Crippen molar-refractivity contribution in [3.05, 3.63) is 0 Å². The standard InChI is InChI=1S/C13H20O5/c1-12(2)15-8-5-7(6-14)9-11(10(8)17-12)18-13(3,4)16-9/h6-11H,5H2,1-4H3/t7-,8+,9+,10+,11+/m0/s1. The quantitative estimate of drug-likeness (QED) is 0.661. The summed E-state index contributed by atoms with van der Waals surface area (Å²) in [6.07, 6.45) is 0.898. The van der Waals surface area contributed by atoms with Crippen molar-refractivity contribution in [2.45, 2.75) is 70.1 Å². The maximum atomic E-state index is 11.2. The molecule has 0 unspecified atom stereocenters.